The van der Waals surface area contributed by atoms with Gasteiger partial charge in [-0.1, -0.05) is 6.92 Å². The van der Waals surface area contributed by atoms with Crippen LogP contribution in [0.3, 0.4) is 0 Å². The fraction of sp³-hybridized carbons (Fsp3) is 0.615. The molecule has 0 atom stereocenters. The summed E-state index contributed by atoms with van der Waals surface area (Å²) in [6, 6.07) is 0. The Morgan fingerprint density at radius 2 is 1.89 bits per heavy atom. The van der Waals surface area contributed by atoms with Crippen molar-refractivity contribution in [2.45, 2.75) is 46.1 Å². The third kappa shape index (κ3) is 3.56. The Labute approximate surface area is 114 Å². The molecule has 0 bridgehead atoms. The molecule has 0 aliphatic heterocycles. The van der Waals surface area contributed by atoms with Crippen LogP contribution in [0, 0.1) is 6.92 Å². The van der Waals surface area contributed by atoms with Crippen LogP contribution < -0.4 is 16.4 Å². The van der Waals surface area contributed by atoms with Crippen LogP contribution >= 0.6 is 0 Å². The monoisotopic (exact) mass is 265 g/mol. The van der Waals surface area contributed by atoms with Gasteiger partial charge in [0.25, 0.3) is 0 Å². The van der Waals surface area contributed by atoms with Gasteiger partial charge in [-0.25, -0.2) is 9.97 Å². The molecule has 4 N–H and O–H groups in total. The molecular weight excluding hydrogens is 242 g/mol. The maximum Gasteiger partial charge on any atom is 0.242 e. The first-order valence-electron chi connectivity index (χ1n) is 6.45. The highest BCUT2D eigenvalue weighted by Gasteiger charge is 2.26. The van der Waals surface area contributed by atoms with Crippen LogP contribution in [0.5, 0.6) is 0 Å². The third-order valence-corrected chi connectivity index (χ3v) is 2.95. The molecule has 6 nitrogen and oxygen atoms in total. The molecule has 1 aromatic heterocycles. The molecule has 19 heavy (non-hydrogen) atoms. The summed E-state index contributed by atoms with van der Waals surface area (Å²) < 4.78 is 0. The Morgan fingerprint density at radius 3 is 2.37 bits per heavy atom. The van der Waals surface area contributed by atoms with Crippen molar-refractivity contribution in [3.63, 3.8) is 0 Å². The molecule has 1 amide bonds. The number of hydrogen-bond acceptors (Lipinski definition) is 5. The van der Waals surface area contributed by atoms with E-state index in [0.29, 0.717) is 5.82 Å². The molecule has 0 aliphatic carbocycles. The van der Waals surface area contributed by atoms with Gasteiger partial charge >= 0.3 is 0 Å². The molecule has 1 aromatic rings. The zero-order valence-corrected chi connectivity index (χ0v) is 12.3. The minimum atomic E-state index is -0.854. The summed E-state index contributed by atoms with van der Waals surface area (Å²) in [5.41, 5.74) is 5.39. The van der Waals surface area contributed by atoms with Gasteiger partial charge in [-0.3, -0.25) is 4.79 Å². The Morgan fingerprint density at radius 1 is 1.32 bits per heavy atom. The van der Waals surface area contributed by atoms with E-state index in [-0.39, 0.29) is 0 Å². The lowest BCUT2D eigenvalue weighted by molar-refractivity contribution is -0.121. The minimum absolute atomic E-state index is 0.423. The van der Waals surface area contributed by atoms with Gasteiger partial charge in [0.2, 0.25) is 5.91 Å². The predicted octanol–water partition coefficient (Wildman–Crippen LogP) is 1.46. The van der Waals surface area contributed by atoms with Gasteiger partial charge < -0.3 is 16.4 Å². The second-order valence-electron chi connectivity index (χ2n) is 5.08. The normalized spacial score (nSPS) is 11.2. The van der Waals surface area contributed by atoms with Crippen molar-refractivity contribution < 1.29 is 4.79 Å². The molecule has 1 heterocycles. The summed E-state index contributed by atoms with van der Waals surface area (Å²) in [6.45, 7) is 7.44. The molecule has 6 heteroatoms. The van der Waals surface area contributed by atoms with Crippen LogP contribution in [0.1, 0.15) is 38.6 Å². The zero-order chi connectivity index (χ0) is 14.6. The predicted molar refractivity (Wildman–Crippen MR) is 77.2 cm³/mol. The van der Waals surface area contributed by atoms with Gasteiger partial charge in [0.05, 0.1) is 0 Å². The molecule has 0 aliphatic rings. The van der Waals surface area contributed by atoms with Crippen molar-refractivity contribution in [1.29, 1.82) is 0 Å². The number of nitrogens with zero attached hydrogens (tertiary/aromatic N) is 2. The largest absolute Gasteiger partial charge is 0.373 e. The molecule has 0 spiro atoms. The van der Waals surface area contributed by atoms with Crippen LogP contribution in [-0.4, -0.2) is 28.5 Å². The van der Waals surface area contributed by atoms with E-state index in [1.165, 1.54) is 0 Å². The molecule has 106 valence electrons. The molecule has 0 saturated carbocycles. The maximum atomic E-state index is 11.4. The second kappa shape index (κ2) is 5.86. The Balaban J connectivity index is 3.18. The highest BCUT2D eigenvalue weighted by Crippen LogP contribution is 2.23. The second-order valence-corrected chi connectivity index (χ2v) is 5.08. The lowest BCUT2D eigenvalue weighted by Gasteiger charge is -2.25. The van der Waals surface area contributed by atoms with E-state index in [4.69, 9.17) is 5.73 Å². The summed E-state index contributed by atoms with van der Waals surface area (Å²) in [5.74, 6) is 1.74. The SMILES string of the molecule is CCCc1nc(NC)c(C)c(NC(C)(C)C(N)=O)n1. The van der Waals surface area contributed by atoms with Crippen LogP contribution in [0.25, 0.3) is 0 Å². The molecule has 0 aromatic carbocycles. The van der Waals surface area contributed by atoms with Gasteiger partial charge in [0, 0.05) is 19.0 Å². The van der Waals surface area contributed by atoms with Gasteiger partial charge in [-0.2, -0.15) is 0 Å². The molecule has 0 saturated heterocycles. The van der Waals surface area contributed by atoms with Crippen molar-refractivity contribution in [2.75, 3.05) is 17.7 Å². The van der Waals surface area contributed by atoms with Crippen molar-refractivity contribution in [1.82, 2.24) is 9.97 Å². The molecule has 0 unspecified atom stereocenters. The average Bonchev–Trinajstić information content (AvgIpc) is 2.32. The van der Waals surface area contributed by atoms with E-state index >= 15 is 0 Å². The van der Waals surface area contributed by atoms with E-state index in [2.05, 4.69) is 27.5 Å². The first-order valence-corrected chi connectivity index (χ1v) is 6.45. The highest BCUT2D eigenvalue weighted by atomic mass is 16.1. The first kappa shape index (κ1) is 15.2. The number of rotatable bonds is 6. The molecule has 1 rings (SSSR count). The van der Waals surface area contributed by atoms with Crippen molar-refractivity contribution in [2.24, 2.45) is 5.73 Å². The van der Waals surface area contributed by atoms with Crippen LogP contribution in [0.15, 0.2) is 0 Å². The zero-order valence-electron chi connectivity index (χ0n) is 12.3. The van der Waals surface area contributed by atoms with Crippen molar-refractivity contribution >= 4 is 17.5 Å². The summed E-state index contributed by atoms with van der Waals surface area (Å²) in [6.07, 6.45) is 1.76. The number of primary amides is 1. The summed E-state index contributed by atoms with van der Waals surface area (Å²) in [5, 5.41) is 6.14. The Bertz CT molecular complexity index is 470. The number of carbonyl (C=O) groups is 1. The van der Waals surface area contributed by atoms with E-state index in [1.54, 1.807) is 13.8 Å². The van der Waals surface area contributed by atoms with Gasteiger partial charge in [-0.05, 0) is 27.2 Å². The minimum Gasteiger partial charge on any atom is -0.373 e. The quantitative estimate of drug-likeness (QED) is 0.724. The summed E-state index contributed by atoms with van der Waals surface area (Å²) in [4.78, 5) is 20.3. The highest BCUT2D eigenvalue weighted by molar-refractivity contribution is 5.87. The van der Waals surface area contributed by atoms with Crippen molar-refractivity contribution in [3.8, 4) is 0 Å². The number of carbonyl (C=O) groups excluding carboxylic acids is 1. The number of aryl methyl sites for hydroxylation is 1. The maximum absolute atomic E-state index is 11.4. The van der Waals surface area contributed by atoms with Crippen LogP contribution in [-0.2, 0) is 11.2 Å². The first-order chi connectivity index (χ1) is 8.81. The topological polar surface area (TPSA) is 92.9 Å². The summed E-state index contributed by atoms with van der Waals surface area (Å²) in [7, 11) is 1.81. The van der Waals surface area contributed by atoms with Gasteiger partial charge in [0.15, 0.2) is 0 Å². The van der Waals surface area contributed by atoms with Crippen LogP contribution in [0.2, 0.25) is 0 Å². The van der Waals surface area contributed by atoms with Crippen molar-refractivity contribution in [3.05, 3.63) is 11.4 Å². The van der Waals surface area contributed by atoms with E-state index in [1.807, 2.05) is 14.0 Å². The number of hydrogen-bond donors (Lipinski definition) is 3. The fourth-order valence-corrected chi connectivity index (χ4v) is 1.62. The summed E-state index contributed by atoms with van der Waals surface area (Å²) >= 11 is 0. The Hall–Kier alpha value is -1.85. The molecule has 0 fully saturated rings. The van der Waals surface area contributed by atoms with E-state index < -0.39 is 11.4 Å². The number of nitrogens with one attached hydrogen (secondary N) is 2. The van der Waals surface area contributed by atoms with Gasteiger partial charge in [-0.15, -0.1) is 0 Å². The van der Waals surface area contributed by atoms with E-state index in [9.17, 15) is 4.79 Å². The average molecular weight is 265 g/mol. The molecule has 0 radical (unpaired) electrons. The number of aromatic nitrogens is 2. The van der Waals surface area contributed by atoms with Crippen LogP contribution in [0.4, 0.5) is 11.6 Å². The fourth-order valence-electron chi connectivity index (χ4n) is 1.62. The number of anilines is 2. The molecular formula is C13H23N5O. The smallest absolute Gasteiger partial charge is 0.242 e. The van der Waals surface area contributed by atoms with Gasteiger partial charge in [0.1, 0.15) is 23.0 Å². The van der Waals surface area contributed by atoms with E-state index in [0.717, 1.165) is 30.0 Å². The number of amides is 1. The number of nitrogens with two attached hydrogens (primary N) is 1. The third-order valence-electron chi connectivity index (χ3n) is 2.95. The lowest BCUT2D eigenvalue weighted by atomic mass is 10.0. The lowest BCUT2D eigenvalue weighted by Crippen LogP contribution is -2.45. The standard InChI is InChI=1S/C13H23N5O/c1-6-7-9-16-10(15-5)8(2)11(17-9)18-13(3,4)12(14)19/h6-7H2,1-5H3,(H2,14,19)(H2,15,16,17,18). The Kier molecular flexibility index (Phi) is 4.69.